The van der Waals surface area contributed by atoms with Gasteiger partial charge in [0, 0.05) is 6.54 Å². The number of nitro groups is 1. The third kappa shape index (κ3) is 2.25. The molecular formula is C7H12N4O2. The highest BCUT2D eigenvalue weighted by Gasteiger charge is 2.14. The molecule has 1 aromatic rings. The zero-order chi connectivity index (χ0) is 9.84. The zero-order valence-electron chi connectivity index (χ0n) is 7.43. The Morgan fingerprint density at radius 1 is 1.77 bits per heavy atom. The van der Waals surface area contributed by atoms with Crippen LogP contribution in [0.2, 0.25) is 0 Å². The molecule has 0 spiro atoms. The lowest BCUT2D eigenvalue weighted by molar-refractivity contribution is -0.385. The second-order valence-corrected chi connectivity index (χ2v) is 2.76. The predicted molar refractivity (Wildman–Crippen MR) is 47.3 cm³/mol. The Morgan fingerprint density at radius 2 is 2.46 bits per heavy atom. The maximum absolute atomic E-state index is 10.4. The zero-order valence-corrected chi connectivity index (χ0v) is 7.43. The average Bonchev–Trinajstić information content (AvgIpc) is 2.43. The Bertz CT molecular complexity index is 307. The molecule has 1 rings (SSSR count). The monoisotopic (exact) mass is 184 g/mol. The molecule has 0 aliphatic rings. The van der Waals surface area contributed by atoms with Gasteiger partial charge in [-0.25, -0.2) is 0 Å². The van der Waals surface area contributed by atoms with Gasteiger partial charge in [0.2, 0.25) is 0 Å². The van der Waals surface area contributed by atoms with Gasteiger partial charge >= 0.3 is 5.69 Å². The van der Waals surface area contributed by atoms with E-state index in [9.17, 15) is 10.1 Å². The molecule has 6 heteroatoms. The van der Waals surface area contributed by atoms with Crippen LogP contribution < -0.4 is 5.73 Å². The standard InChI is InChI=1S/C7H12N4O2/c1-6-7(11(12)13)5-10(9-6)4-2-3-8/h5H,2-4,8H2,1H3. The number of nitrogens with two attached hydrogens (primary N) is 1. The second kappa shape index (κ2) is 3.99. The molecule has 72 valence electrons. The SMILES string of the molecule is Cc1nn(CCCN)cc1[N+](=O)[O-]. The molecule has 0 bridgehead atoms. The first-order chi connectivity index (χ1) is 6.15. The van der Waals surface area contributed by atoms with E-state index in [1.54, 1.807) is 11.6 Å². The fourth-order valence-corrected chi connectivity index (χ4v) is 1.05. The summed E-state index contributed by atoms with van der Waals surface area (Å²) in [4.78, 5) is 10.0. The van der Waals surface area contributed by atoms with E-state index in [-0.39, 0.29) is 5.69 Å². The molecule has 0 amide bonds. The predicted octanol–water partition coefficient (Wildman–Crippen LogP) is 0.449. The van der Waals surface area contributed by atoms with Crippen LogP contribution in [0.15, 0.2) is 6.20 Å². The van der Waals surface area contributed by atoms with Crippen molar-refractivity contribution in [2.45, 2.75) is 19.9 Å². The van der Waals surface area contributed by atoms with Crippen molar-refractivity contribution in [2.24, 2.45) is 5.73 Å². The van der Waals surface area contributed by atoms with Crippen LogP contribution >= 0.6 is 0 Å². The lowest BCUT2D eigenvalue weighted by Crippen LogP contribution is -2.06. The van der Waals surface area contributed by atoms with E-state index < -0.39 is 4.92 Å². The lowest BCUT2D eigenvalue weighted by atomic mass is 10.4. The van der Waals surface area contributed by atoms with Gasteiger partial charge in [-0.1, -0.05) is 0 Å². The van der Waals surface area contributed by atoms with Crippen molar-refractivity contribution in [1.82, 2.24) is 9.78 Å². The van der Waals surface area contributed by atoms with E-state index in [2.05, 4.69) is 5.10 Å². The Hall–Kier alpha value is -1.43. The summed E-state index contributed by atoms with van der Waals surface area (Å²) in [5.41, 5.74) is 5.82. The molecule has 0 radical (unpaired) electrons. The fourth-order valence-electron chi connectivity index (χ4n) is 1.05. The van der Waals surface area contributed by atoms with Crippen LogP contribution in [0.4, 0.5) is 5.69 Å². The van der Waals surface area contributed by atoms with Gasteiger partial charge in [-0.05, 0) is 19.9 Å². The minimum atomic E-state index is -0.429. The van der Waals surface area contributed by atoms with Crippen LogP contribution in [0, 0.1) is 17.0 Å². The highest BCUT2D eigenvalue weighted by molar-refractivity contribution is 5.30. The third-order valence-corrected chi connectivity index (χ3v) is 1.71. The molecular weight excluding hydrogens is 172 g/mol. The van der Waals surface area contributed by atoms with Gasteiger partial charge in [0.1, 0.15) is 11.9 Å². The van der Waals surface area contributed by atoms with E-state index in [1.807, 2.05) is 0 Å². The van der Waals surface area contributed by atoms with Crippen molar-refractivity contribution >= 4 is 5.69 Å². The molecule has 0 fully saturated rings. The summed E-state index contributed by atoms with van der Waals surface area (Å²) in [6.07, 6.45) is 2.21. The summed E-state index contributed by atoms with van der Waals surface area (Å²) in [7, 11) is 0. The molecule has 0 atom stereocenters. The molecule has 13 heavy (non-hydrogen) atoms. The first kappa shape index (κ1) is 9.66. The van der Waals surface area contributed by atoms with Crippen LogP contribution in [0.25, 0.3) is 0 Å². The van der Waals surface area contributed by atoms with E-state index in [0.717, 1.165) is 6.42 Å². The first-order valence-electron chi connectivity index (χ1n) is 4.03. The van der Waals surface area contributed by atoms with Gasteiger partial charge in [0.05, 0.1) is 4.92 Å². The number of hydrogen-bond donors (Lipinski definition) is 1. The van der Waals surface area contributed by atoms with Crippen molar-refractivity contribution in [2.75, 3.05) is 6.54 Å². The van der Waals surface area contributed by atoms with E-state index >= 15 is 0 Å². The minimum absolute atomic E-state index is 0.0667. The summed E-state index contributed by atoms with van der Waals surface area (Å²) in [6.45, 7) is 2.81. The molecule has 0 unspecified atom stereocenters. The molecule has 6 nitrogen and oxygen atoms in total. The molecule has 0 aliphatic carbocycles. The largest absolute Gasteiger partial charge is 0.330 e. The molecule has 1 heterocycles. The van der Waals surface area contributed by atoms with Gasteiger partial charge in [-0.2, -0.15) is 5.10 Å². The maximum Gasteiger partial charge on any atom is 0.309 e. The summed E-state index contributed by atoms with van der Waals surface area (Å²) in [6, 6.07) is 0. The molecule has 2 N–H and O–H groups in total. The van der Waals surface area contributed by atoms with Crippen LogP contribution in [0.5, 0.6) is 0 Å². The first-order valence-corrected chi connectivity index (χ1v) is 4.03. The number of aromatic nitrogens is 2. The molecule has 0 aromatic carbocycles. The summed E-state index contributed by atoms with van der Waals surface area (Å²) < 4.78 is 1.56. The van der Waals surface area contributed by atoms with Crippen LogP contribution in [0.3, 0.4) is 0 Å². The Labute approximate surface area is 75.5 Å². The van der Waals surface area contributed by atoms with Crippen molar-refractivity contribution in [3.05, 3.63) is 22.0 Å². The topological polar surface area (TPSA) is 87.0 Å². The maximum atomic E-state index is 10.4. The van der Waals surface area contributed by atoms with E-state index in [4.69, 9.17) is 5.73 Å². The average molecular weight is 184 g/mol. The minimum Gasteiger partial charge on any atom is -0.330 e. The Morgan fingerprint density at radius 3 is 2.92 bits per heavy atom. The van der Waals surface area contributed by atoms with E-state index in [0.29, 0.717) is 18.8 Å². The Balaban J connectivity index is 2.76. The van der Waals surface area contributed by atoms with Crippen molar-refractivity contribution < 1.29 is 4.92 Å². The number of hydrogen-bond acceptors (Lipinski definition) is 4. The van der Waals surface area contributed by atoms with Gasteiger partial charge in [-0.3, -0.25) is 14.8 Å². The van der Waals surface area contributed by atoms with Crippen molar-refractivity contribution in [1.29, 1.82) is 0 Å². The highest BCUT2D eigenvalue weighted by atomic mass is 16.6. The van der Waals surface area contributed by atoms with Crippen LogP contribution in [-0.4, -0.2) is 21.2 Å². The van der Waals surface area contributed by atoms with Gasteiger partial charge < -0.3 is 5.73 Å². The fraction of sp³-hybridized carbons (Fsp3) is 0.571. The molecule has 0 saturated heterocycles. The van der Waals surface area contributed by atoms with E-state index in [1.165, 1.54) is 6.20 Å². The second-order valence-electron chi connectivity index (χ2n) is 2.76. The van der Waals surface area contributed by atoms with Gasteiger partial charge in [-0.15, -0.1) is 0 Å². The lowest BCUT2D eigenvalue weighted by Gasteiger charge is -1.95. The molecule has 0 saturated carbocycles. The molecule has 0 aliphatic heterocycles. The molecule has 1 aromatic heterocycles. The number of aryl methyl sites for hydroxylation is 2. The smallest absolute Gasteiger partial charge is 0.309 e. The Kier molecular flexibility index (Phi) is 2.97. The number of rotatable bonds is 4. The highest BCUT2D eigenvalue weighted by Crippen LogP contribution is 2.14. The van der Waals surface area contributed by atoms with Crippen molar-refractivity contribution in [3.63, 3.8) is 0 Å². The quantitative estimate of drug-likeness (QED) is 0.543. The van der Waals surface area contributed by atoms with Crippen molar-refractivity contribution in [3.8, 4) is 0 Å². The summed E-state index contributed by atoms with van der Waals surface area (Å²) in [5.74, 6) is 0. The summed E-state index contributed by atoms with van der Waals surface area (Å²) in [5, 5.41) is 14.4. The third-order valence-electron chi connectivity index (χ3n) is 1.71. The summed E-state index contributed by atoms with van der Waals surface area (Å²) >= 11 is 0. The van der Waals surface area contributed by atoms with Crippen LogP contribution in [-0.2, 0) is 6.54 Å². The number of nitrogens with zero attached hydrogens (tertiary/aromatic N) is 3. The normalized spacial score (nSPS) is 10.3. The van der Waals surface area contributed by atoms with Crippen LogP contribution in [0.1, 0.15) is 12.1 Å². The van der Waals surface area contributed by atoms with Gasteiger partial charge in [0.25, 0.3) is 0 Å². The van der Waals surface area contributed by atoms with Gasteiger partial charge in [0.15, 0.2) is 0 Å².